The van der Waals surface area contributed by atoms with Crippen molar-refractivity contribution >= 4 is 28.3 Å². The third kappa shape index (κ3) is 2.89. The van der Waals surface area contributed by atoms with E-state index < -0.39 is 11.9 Å². The SMILES string of the molecule is COc1ccc(-c2sc(NC(N)=O)c(C(N)=O)c2C)cc1C. The number of nitrogens with two attached hydrogens (primary N) is 2. The van der Waals surface area contributed by atoms with Crippen LogP contribution < -0.4 is 21.5 Å². The van der Waals surface area contributed by atoms with Crippen LogP contribution in [0, 0.1) is 13.8 Å². The highest BCUT2D eigenvalue weighted by atomic mass is 32.1. The number of amides is 3. The lowest BCUT2D eigenvalue weighted by atomic mass is 10.0. The average molecular weight is 319 g/mol. The van der Waals surface area contributed by atoms with Gasteiger partial charge in [0.05, 0.1) is 12.7 Å². The quantitative estimate of drug-likeness (QED) is 0.806. The van der Waals surface area contributed by atoms with Gasteiger partial charge in [0, 0.05) is 4.88 Å². The number of carbonyl (C=O) groups is 2. The summed E-state index contributed by atoms with van der Waals surface area (Å²) in [6.45, 7) is 3.72. The van der Waals surface area contributed by atoms with Gasteiger partial charge in [-0.1, -0.05) is 0 Å². The van der Waals surface area contributed by atoms with Crippen LogP contribution >= 0.6 is 11.3 Å². The van der Waals surface area contributed by atoms with Gasteiger partial charge in [0.15, 0.2) is 0 Å². The number of primary amides is 2. The van der Waals surface area contributed by atoms with E-state index in [1.165, 1.54) is 11.3 Å². The first kappa shape index (κ1) is 15.8. The monoisotopic (exact) mass is 319 g/mol. The van der Waals surface area contributed by atoms with E-state index in [4.69, 9.17) is 16.2 Å². The Kier molecular flexibility index (Phi) is 4.37. The van der Waals surface area contributed by atoms with E-state index in [1.807, 2.05) is 25.1 Å². The van der Waals surface area contributed by atoms with E-state index in [-0.39, 0.29) is 5.56 Å². The molecular formula is C15H17N3O3S. The molecule has 0 aliphatic rings. The fourth-order valence-corrected chi connectivity index (χ4v) is 3.52. The van der Waals surface area contributed by atoms with E-state index in [9.17, 15) is 9.59 Å². The summed E-state index contributed by atoms with van der Waals surface area (Å²) in [6.07, 6.45) is 0. The van der Waals surface area contributed by atoms with Crippen LogP contribution in [-0.2, 0) is 0 Å². The Bertz CT molecular complexity index is 753. The molecule has 0 atom stereocenters. The molecule has 22 heavy (non-hydrogen) atoms. The Hall–Kier alpha value is -2.54. The van der Waals surface area contributed by atoms with Crippen molar-refractivity contribution in [2.24, 2.45) is 11.5 Å². The van der Waals surface area contributed by atoms with Gasteiger partial charge < -0.3 is 16.2 Å². The van der Waals surface area contributed by atoms with Gasteiger partial charge in [0.25, 0.3) is 5.91 Å². The number of ether oxygens (including phenoxy) is 1. The summed E-state index contributed by atoms with van der Waals surface area (Å²) < 4.78 is 5.24. The average Bonchev–Trinajstić information content (AvgIpc) is 2.74. The first-order valence-corrected chi connectivity index (χ1v) is 7.31. The number of carbonyl (C=O) groups excluding carboxylic acids is 2. The van der Waals surface area contributed by atoms with Crippen molar-refractivity contribution in [3.8, 4) is 16.2 Å². The zero-order valence-corrected chi connectivity index (χ0v) is 13.3. The van der Waals surface area contributed by atoms with Crippen molar-refractivity contribution in [2.75, 3.05) is 12.4 Å². The van der Waals surface area contributed by atoms with E-state index in [1.54, 1.807) is 14.0 Å². The number of rotatable bonds is 4. The lowest BCUT2D eigenvalue weighted by Gasteiger charge is -2.07. The van der Waals surface area contributed by atoms with Crippen molar-refractivity contribution in [2.45, 2.75) is 13.8 Å². The van der Waals surface area contributed by atoms with Crippen LogP contribution in [0.3, 0.4) is 0 Å². The first-order valence-electron chi connectivity index (χ1n) is 6.49. The van der Waals surface area contributed by atoms with Gasteiger partial charge in [-0.2, -0.15) is 0 Å². The molecule has 1 aromatic carbocycles. The fourth-order valence-electron chi connectivity index (χ4n) is 2.31. The largest absolute Gasteiger partial charge is 0.496 e. The second-order valence-corrected chi connectivity index (χ2v) is 5.82. The highest BCUT2D eigenvalue weighted by Crippen LogP contribution is 2.40. The second kappa shape index (κ2) is 6.07. The Labute approximate surface area is 132 Å². The van der Waals surface area contributed by atoms with E-state index >= 15 is 0 Å². The normalized spacial score (nSPS) is 10.3. The lowest BCUT2D eigenvalue weighted by molar-refractivity contribution is 0.100. The number of anilines is 1. The molecule has 2 rings (SSSR count). The number of urea groups is 1. The zero-order valence-electron chi connectivity index (χ0n) is 12.5. The summed E-state index contributed by atoms with van der Waals surface area (Å²) >= 11 is 1.26. The highest BCUT2D eigenvalue weighted by Gasteiger charge is 2.21. The van der Waals surface area contributed by atoms with Crippen LogP contribution in [0.5, 0.6) is 5.75 Å². The smallest absolute Gasteiger partial charge is 0.317 e. The highest BCUT2D eigenvalue weighted by molar-refractivity contribution is 7.20. The molecule has 2 aromatic rings. The third-order valence-corrected chi connectivity index (χ3v) is 4.54. The minimum absolute atomic E-state index is 0.285. The number of thiophene rings is 1. The van der Waals surface area contributed by atoms with Gasteiger partial charge in [0.2, 0.25) is 0 Å². The molecule has 0 fully saturated rings. The minimum atomic E-state index is -0.735. The van der Waals surface area contributed by atoms with E-state index in [2.05, 4.69) is 5.32 Å². The minimum Gasteiger partial charge on any atom is -0.496 e. The van der Waals surface area contributed by atoms with Crippen LogP contribution in [0.15, 0.2) is 18.2 Å². The number of hydrogen-bond acceptors (Lipinski definition) is 4. The number of aryl methyl sites for hydroxylation is 1. The molecule has 7 heteroatoms. The van der Waals surface area contributed by atoms with Gasteiger partial charge in [-0.15, -0.1) is 11.3 Å². The summed E-state index contributed by atoms with van der Waals surface area (Å²) in [4.78, 5) is 23.6. The molecule has 0 saturated heterocycles. The molecule has 6 nitrogen and oxygen atoms in total. The van der Waals surface area contributed by atoms with E-state index in [0.717, 1.165) is 21.8 Å². The lowest BCUT2D eigenvalue weighted by Crippen LogP contribution is -2.21. The Morgan fingerprint density at radius 1 is 1.23 bits per heavy atom. The van der Waals surface area contributed by atoms with Crippen LogP contribution in [0.1, 0.15) is 21.5 Å². The van der Waals surface area contributed by atoms with Crippen LogP contribution in [-0.4, -0.2) is 19.0 Å². The molecule has 0 aliphatic carbocycles. The predicted octanol–water partition coefficient (Wildman–Crippen LogP) is 2.63. The van der Waals surface area contributed by atoms with Crippen LogP contribution in [0.4, 0.5) is 9.80 Å². The predicted molar refractivity (Wildman–Crippen MR) is 87.5 cm³/mol. The molecule has 0 radical (unpaired) electrons. The van der Waals surface area contributed by atoms with Gasteiger partial charge >= 0.3 is 6.03 Å². The van der Waals surface area contributed by atoms with Gasteiger partial charge in [-0.3, -0.25) is 10.1 Å². The maximum atomic E-state index is 11.7. The molecule has 0 aliphatic heterocycles. The van der Waals surface area contributed by atoms with Crippen LogP contribution in [0.25, 0.3) is 10.4 Å². The standard InChI is InChI=1S/C15H17N3O3S/c1-7-6-9(4-5-10(7)21-3)12-8(2)11(13(16)19)14(22-12)18-15(17)20/h4-6H,1-3H3,(H2,16,19)(H3,17,18,20). The van der Waals surface area contributed by atoms with Crippen molar-refractivity contribution < 1.29 is 14.3 Å². The second-order valence-electron chi connectivity index (χ2n) is 4.80. The molecule has 5 N–H and O–H groups in total. The number of benzene rings is 1. The van der Waals surface area contributed by atoms with E-state index in [0.29, 0.717) is 10.6 Å². The van der Waals surface area contributed by atoms with Crippen LogP contribution in [0.2, 0.25) is 0 Å². The van der Waals surface area contributed by atoms with Crippen molar-refractivity contribution in [3.63, 3.8) is 0 Å². The summed E-state index contributed by atoms with van der Waals surface area (Å²) in [6, 6.07) is 4.97. The molecule has 116 valence electrons. The first-order chi connectivity index (χ1) is 10.3. The Morgan fingerprint density at radius 3 is 2.41 bits per heavy atom. The topological polar surface area (TPSA) is 107 Å². The van der Waals surface area contributed by atoms with Crippen molar-refractivity contribution in [1.82, 2.24) is 0 Å². The Morgan fingerprint density at radius 2 is 1.91 bits per heavy atom. The maximum absolute atomic E-state index is 11.7. The summed E-state index contributed by atoms with van der Waals surface area (Å²) in [5, 5.41) is 2.82. The molecule has 1 aromatic heterocycles. The molecular weight excluding hydrogens is 302 g/mol. The summed E-state index contributed by atoms with van der Waals surface area (Å²) in [5.41, 5.74) is 13.4. The summed E-state index contributed by atoms with van der Waals surface area (Å²) in [7, 11) is 1.61. The zero-order chi connectivity index (χ0) is 16.4. The van der Waals surface area contributed by atoms with Gasteiger partial charge in [0.1, 0.15) is 10.8 Å². The number of hydrogen-bond donors (Lipinski definition) is 3. The summed E-state index contributed by atoms with van der Waals surface area (Å²) in [5.74, 6) is 0.178. The third-order valence-electron chi connectivity index (χ3n) is 3.29. The molecule has 0 unspecified atom stereocenters. The molecule has 0 bridgehead atoms. The van der Waals surface area contributed by atoms with Gasteiger partial charge in [-0.05, 0) is 48.7 Å². The van der Waals surface area contributed by atoms with Gasteiger partial charge in [-0.25, -0.2) is 4.79 Å². The molecule has 1 heterocycles. The molecule has 0 saturated carbocycles. The molecule has 0 spiro atoms. The fraction of sp³-hybridized carbons (Fsp3) is 0.200. The number of methoxy groups -OCH3 is 1. The molecule has 3 amide bonds. The van der Waals surface area contributed by atoms with Crippen molar-refractivity contribution in [1.29, 1.82) is 0 Å². The Balaban J connectivity index is 2.58. The number of nitrogens with one attached hydrogen (secondary N) is 1. The van der Waals surface area contributed by atoms with Crippen molar-refractivity contribution in [3.05, 3.63) is 34.9 Å². The maximum Gasteiger partial charge on any atom is 0.317 e.